The first kappa shape index (κ1) is 9.69. The lowest BCUT2D eigenvalue weighted by Crippen LogP contribution is -1.99. The summed E-state index contributed by atoms with van der Waals surface area (Å²) >= 11 is 1.28. The van der Waals surface area contributed by atoms with Gasteiger partial charge in [0.05, 0.1) is 12.7 Å². The number of thiophene rings is 1. The summed E-state index contributed by atoms with van der Waals surface area (Å²) in [5.74, 6) is -0.451. The first-order valence-corrected chi connectivity index (χ1v) is 5.09. The van der Waals surface area contributed by atoms with Crippen LogP contribution in [-0.4, -0.2) is 13.1 Å². The minimum Gasteiger partial charge on any atom is -0.465 e. The summed E-state index contributed by atoms with van der Waals surface area (Å²) in [7, 11) is 1.31. The predicted molar refractivity (Wildman–Crippen MR) is 57.9 cm³/mol. The van der Waals surface area contributed by atoms with Crippen molar-refractivity contribution in [3.63, 3.8) is 0 Å². The number of ether oxygens (including phenoxy) is 1. The number of rotatable bonds is 1. The number of fused-ring (bicyclic) bond motifs is 1. The molecule has 0 aliphatic heterocycles. The lowest BCUT2D eigenvalue weighted by atomic mass is 10.1. The van der Waals surface area contributed by atoms with E-state index in [9.17, 15) is 4.79 Å². The van der Waals surface area contributed by atoms with Gasteiger partial charge in [-0.25, -0.2) is 4.79 Å². The van der Waals surface area contributed by atoms with E-state index in [0.29, 0.717) is 10.4 Å². The van der Waals surface area contributed by atoms with Gasteiger partial charge in [0.15, 0.2) is 0 Å². The van der Waals surface area contributed by atoms with Crippen LogP contribution >= 0.6 is 11.3 Å². The monoisotopic (exact) mass is 217 g/mol. The van der Waals surface area contributed by atoms with Crippen molar-refractivity contribution in [2.24, 2.45) is 0 Å². The molecule has 0 saturated heterocycles. The number of nitrogens with zero attached hydrogens (tertiary/aromatic N) is 1. The highest BCUT2D eigenvalue weighted by Gasteiger charge is 2.18. The summed E-state index contributed by atoms with van der Waals surface area (Å²) in [6.45, 7) is 0. The summed E-state index contributed by atoms with van der Waals surface area (Å²) in [6, 6.07) is 9.48. The Hall–Kier alpha value is -1.86. The molecule has 3 nitrogen and oxygen atoms in total. The fraction of sp³-hybridized carbons (Fsp3) is 0.0909. The standard InChI is InChI=1S/C11H7NO2S/c1-14-11(13)10-8(6-12)7-4-2-3-5-9(7)15-10/h2-5H,1H3. The van der Waals surface area contributed by atoms with E-state index in [1.165, 1.54) is 18.4 Å². The van der Waals surface area contributed by atoms with E-state index in [4.69, 9.17) is 5.26 Å². The van der Waals surface area contributed by atoms with E-state index >= 15 is 0 Å². The van der Waals surface area contributed by atoms with Crippen molar-refractivity contribution >= 4 is 27.4 Å². The lowest BCUT2D eigenvalue weighted by Gasteiger charge is -1.93. The molecular formula is C11H7NO2S. The molecular weight excluding hydrogens is 210 g/mol. The Bertz CT molecular complexity index is 565. The predicted octanol–water partition coefficient (Wildman–Crippen LogP) is 2.56. The number of hydrogen-bond donors (Lipinski definition) is 0. The summed E-state index contributed by atoms with van der Waals surface area (Å²) in [4.78, 5) is 11.8. The van der Waals surface area contributed by atoms with Gasteiger partial charge in [-0.15, -0.1) is 11.3 Å². The molecule has 2 aromatic rings. The number of hydrogen-bond acceptors (Lipinski definition) is 4. The minimum atomic E-state index is -0.451. The molecule has 0 spiro atoms. The zero-order valence-corrected chi connectivity index (χ0v) is 8.80. The Morgan fingerprint density at radius 2 is 2.20 bits per heavy atom. The average Bonchev–Trinajstić information content (AvgIpc) is 2.66. The maximum absolute atomic E-state index is 11.4. The molecule has 0 saturated carbocycles. The van der Waals surface area contributed by atoms with Crippen molar-refractivity contribution in [2.45, 2.75) is 0 Å². The Balaban J connectivity index is 2.76. The quantitative estimate of drug-likeness (QED) is 0.690. The van der Waals surface area contributed by atoms with Crippen LogP contribution in [0, 0.1) is 11.3 Å². The Morgan fingerprint density at radius 1 is 1.47 bits per heavy atom. The summed E-state index contributed by atoms with van der Waals surface area (Å²) in [5.41, 5.74) is 0.405. The van der Waals surface area contributed by atoms with E-state index in [0.717, 1.165) is 10.1 Å². The molecule has 1 heterocycles. The van der Waals surface area contributed by atoms with E-state index in [-0.39, 0.29) is 0 Å². The maximum Gasteiger partial charge on any atom is 0.349 e. The third-order valence-electron chi connectivity index (χ3n) is 2.08. The number of esters is 1. The van der Waals surface area contributed by atoms with E-state index in [1.807, 2.05) is 30.3 Å². The van der Waals surface area contributed by atoms with Crippen molar-refractivity contribution in [3.05, 3.63) is 34.7 Å². The molecule has 0 fully saturated rings. The van der Waals surface area contributed by atoms with E-state index in [2.05, 4.69) is 4.74 Å². The first-order valence-electron chi connectivity index (χ1n) is 4.28. The average molecular weight is 217 g/mol. The van der Waals surface area contributed by atoms with Gasteiger partial charge in [-0.05, 0) is 6.07 Å². The van der Waals surface area contributed by atoms with Crippen LogP contribution < -0.4 is 0 Å². The third kappa shape index (κ3) is 1.47. The van der Waals surface area contributed by atoms with Gasteiger partial charge in [-0.3, -0.25) is 0 Å². The number of carbonyl (C=O) groups excluding carboxylic acids is 1. The summed E-state index contributed by atoms with van der Waals surface area (Å²) in [6.07, 6.45) is 0. The molecule has 0 aliphatic carbocycles. The molecule has 74 valence electrons. The zero-order chi connectivity index (χ0) is 10.8. The molecule has 2 rings (SSSR count). The molecule has 0 atom stereocenters. The van der Waals surface area contributed by atoms with Gasteiger partial charge in [0.25, 0.3) is 0 Å². The number of nitriles is 1. The number of carbonyl (C=O) groups is 1. The fourth-order valence-corrected chi connectivity index (χ4v) is 2.46. The summed E-state index contributed by atoms with van der Waals surface area (Å²) < 4.78 is 5.55. The maximum atomic E-state index is 11.4. The number of benzene rings is 1. The van der Waals surface area contributed by atoms with Crippen LogP contribution in [-0.2, 0) is 4.74 Å². The topological polar surface area (TPSA) is 50.1 Å². The second-order valence-electron chi connectivity index (χ2n) is 2.91. The minimum absolute atomic E-state index is 0.376. The Kier molecular flexibility index (Phi) is 2.40. The third-order valence-corrected chi connectivity index (χ3v) is 3.23. The molecule has 4 heteroatoms. The van der Waals surface area contributed by atoms with Gasteiger partial charge in [-0.1, -0.05) is 18.2 Å². The summed E-state index contributed by atoms with van der Waals surface area (Å²) in [5, 5.41) is 9.81. The van der Waals surface area contributed by atoms with Gasteiger partial charge >= 0.3 is 5.97 Å². The molecule has 1 aromatic heterocycles. The SMILES string of the molecule is COC(=O)c1sc2ccccc2c1C#N. The van der Waals surface area contributed by atoms with Crippen LogP contribution in [0.2, 0.25) is 0 Å². The van der Waals surface area contributed by atoms with Gasteiger partial charge < -0.3 is 4.74 Å². The van der Waals surface area contributed by atoms with Crippen molar-refractivity contribution in [3.8, 4) is 6.07 Å². The molecule has 0 aliphatic rings. The second-order valence-corrected chi connectivity index (χ2v) is 3.96. The van der Waals surface area contributed by atoms with E-state index in [1.54, 1.807) is 0 Å². The van der Waals surface area contributed by atoms with Crippen molar-refractivity contribution < 1.29 is 9.53 Å². The Morgan fingerprint density at radius 3 is 2.87 bits per heavy atom. The van der Waals surface area contributed by atoms with Gasteiger partial charge in [-0.2, -0.15) is 5.26 Å². The highest BCUT2D eigenvalue weighted by atomic mass is 32.1. The zero-order valence-electron chi connectivity index (χ0n) is 7.98. The van der Waals surface area contributed by atoms with Gasteiger partial charge in [0.2, 0.25) is 0 Å². The molecule has 0 unspecified atom stereocenters. The highest BCUT2D eigenvalue weighted by molar-refractivity contribution is 7.21. The second kappa shape index (κ2) is 3.71. The molecule has 0 radical (unpaired) electrons. The molecule has 0 amide bonds. The van der Waals surface area contributed by atoms with Crippen LogP contribution in [0.5, 0.6) is 0 Å². The Labute approximate surface area is 90.5 Å². The van der Waals surface area contributed by atoms with E-state index < -0.39 is 5.97 Å². The van der Waals surface area contributed by atoms with Crippen molar-refractivity contribution in [2.75, 3.05) is 7.11 Å². The molecule has 0 bridgehead atoms. The van der Waals surface area contributed by atoms with Crippen LogP contribution in [0.15, 0.2) is 24.3 Å². The molecule has 0 N–H and O–H groups in total. The first-order chi connectivity index (χ1) is 7.27. The lowest BCUT2D eigenvalue weighted by molar-refractivity contribution is 0.0606. The van der Waals surface area contributed by atoms with Crippen LogP contribution in [0.1, 0.15) is 15.2 Å². The van der Waals surface area contributed by atoms with Gasteiger partial charge in [0, 0.05) is 10.1 Å². The van der Waals surface area contributed by atoms with Crippen molar-refractivity contribution in [1.29, 1.82) is 5.26 Å². The van der Waals surface area contributed by atoms with Gasteiger partial charge in [0.1, 0.15) is 10.9 Å². The largest absolute Gasteiger partial charge is 0.465 e. The van der Waals surface area contributed by atoms with Crippen LogP contribution in [0.3, 0.4) is 0 Å². The number of methoxy groups -OCH3 is 1. The fourth-order valence-electron chi connectivity index (χ4n) is 1.39. The normalized spacial score (nSPS) is 9.87. The molecule has 15 heavy (non-hydrogen) atoms. The van der Waals surface area contributed by atoms with Crippen LogP contribution in [0.25, 0.3) is 10.1 Å². The smallest absolute Gasteiger partial charge is 0.349 e. The molecule has 1 aromatic carbocycles. The highest BCUT2D eigenvalue weighted by Crippen LogP contribution is 2.30. The van der Waals surface area contributed by atoms with Crippen LogP contribution in [0.4, 0.5) is 0 Å². The van der Waals surface area contributed by atoms with Crippen molar-refractivity contribution in [1.82, 2.24) is 0 Å².